The summed E-state index contributed by atoms with van der Waals surface area (Å²) in [5.74, 6) is 0.149. The topological polar surface area (TPSA) is 88.1 Å². The van der Waals surface area contributed by atoms with Crippen LogP contribution in [0.15, 0.2) is 107 Å². The Kier molecular flexibility index (Phi) is 8.78. The Morgan fingerprint density at radius 2 is 1.54 bits per heavy atom. The monoisotopic (exact) mass is 541 g/mol. The van der Waals surface area contributed by atoms with E-state index in [0.29, 0.717) is 18.0 Å². The molecule has 4 rings (SSSR count). The SMILES string of the molecule is Cc1ccc(COc2ccc(C=NNC(=O)CN(c3ccc(C)cc3C)S(=O)(=O)c3ccccc3)cc2)cc1. The lowest BCUT2D eigenvalue weighted by Crippen LogP contribution is -2.40. The third kappa shape index (κ3) is 7.33. The molecule has 0 bridgehead atoms. The average molecular weight is 542 g/mol. The van der Waals surface area contributed by atoms with E-state index in [2.05, 4.69) is 10.5 Å². The van der Waals surface area contributed by atoms with Crippen molar-refractivity contribution in [2.75, 3.05) is 10.8 Å². The third-order valence-electron chi connectivity index (χ3n) is 6.05. The highest BCUT2D eigenvalue weighted by Gasteiger charge is 2.28. The molecule has 200 valence electrons. The highest BCUT2D eigenvalue weighted by atomic mass is 32.2. The fourth-order valence-electron chi connectivity index (χ4n) is 3.95. The summed E-state index contributed by atoms with van der Waals surface area (Å²) in [5.41, 5.74) is 7.65. The second-order valence-corrected chi connectivity index (χ2v) is 11.1. The van der Waals surface area contributed by atoms with Crippen molar-refractivity contribution >= 4 is 27.8 Å². The first kappa shape index (κ1) is 27.6. The number of sulfonamides is 1. The first-order valence-corrected chi connectivity index (χ1v) is 13.9. The molecule has 0 unspecified atom stereocenters. The van der Waals surface area contributed by atoms with E-state index in [-0.39, 0.29) is 4.90 Å². The largest absolute Gasteiger partial charge is 0.489 e. The number of ether oxygens (including phenoxy) is 1. The van der Waals surface area contributed by atoms with Crippen molar-refractivity contribution in [3.05, 3.63) is 125 Å². The van der Waals surface area contributed by atoms with Gasteiger partial charge in [-0.15, -0.1) is 0 Å². The number of hydrogen-bond donors (Lipinski definition) is 1. The first-order valence-electron chi connectivity index (χ1n) is 12.5. The van der Waals surface area contributed by atoms with Gasteiger partial charge in [-0.1, -0.05) is 65.7 Å². The van der Waals surface area contributed by atoms with Gasteiger partial charge < -0.3 is 4.74 Å². The maximum Gasteiger partial charge on any atom is 0.264 e. The second-order valence-electron chi connectivity index (χ2n) is 9.25. The van der Waals surface area contributed by atoms with E-state index in [1.807, 2.05) is 81.4 Å². The molecule has 0 atom stereocenters. The van der Waals surface area contributed by atoms with Crippen molar-refractivity contribution < 1.29 is 17.9 Å². The first-order chi connectivity index (χ1) is 18.7. The van der Waals surface area contributed by atoms with Crippen LogP contribution in [0.25, 0.3) is 0 Å². The maximum absolute atomic E-state index is 13.5. The number of amides is 1. The second kappa shape index (κ2) is 12.4. The van der Waals surface area contributed by atoms with Crippen LogP contribution in [0.4, 0.5) is 5.69 Å². The van der Waals surface area contributed by atoms with Gasteiger partial charge in [0.05, 0.1) is 16.8 Å². The summed E-state index contributed by atoms with van der Waals surface area (Å²) in [6, 6.07) is 28.9. The molecule has 0 spiro atoms. The highest BCUT2D eigenvalue weighted by molar-refractivity contribution is 7.92. The number of carbonyl (C=O) groups is 1. The molecule has 0 fully saturated rings. The van der Waals surface area contributed by atoms with Gasteiger partial charge in [0.25, 0.3) is 15.9 Å². The van der Waals surface area contributed by atoms with E-state index in [1.165, 1.54) is 23.9 Å². The maximum atomic E-state index is 13.5. The summed E-state index contributed by atoms with van der Waals surface area (Å²) in [6.45, 7) is 5.83. The van der Waals surface area contributed by atoms with Gasteiger partial charge in [0.2, 0.25) is 0 Å². The molecular weight excluding hydrogens is 510 g/mol. The fraction of sp³-hybridized carbons (Fsp3) is 0.161. The quantitative estimate of drug-likeness (QED) is 0.211. The van der Waals surface area contributed by atoms with Crippen LogP contribution < -0.4 is 14.5 Å². The van der Waals surface area contributed by atoms with Crippen molar-refractivity contribution in [1.29, 1.82) is 0 Å². The van der Waals surface area contributed by atoms with E-state index in [4.69, 9.17) is 4.74 Å². The van der Waals surface area contributed by atoms with E-state index in [0.717, 1.165) is 26.6 Å². The van der Waals surface area contributed by atoms with Crippen LogP contribution in [-0.4, -0.2) is 27.1 Å². The molecule has 0 saturated carbocycles. The number of nitrogens with one attached hydrogen (secondary N) is 1. The number of nitrogens with zero attached hydrogens (tertiary/aromatic N) is 2. The molecule has 0 aromatic heterocycles. The lowest BCUT2D eigenvalue weighted by Gasteiger charge is -2.25. The van der Waals surface area contributed by atoms with E-state index in [1.54, 1.807) is 24.3 Å². The van der Waals surface area contributed by atoms with E-state index >= 15 is 0 Å². The van der Waals surface area contributed by atoms with Gasteiger partial charge in [-0.3, -0.25) is 9.10 Å². The zero-order valence-electron chi connectivity index (χ0n) is 22.2. The van der Waals surface area contributed by atoms with Gasteiger partial charge in [0.15, 0.2) is 0 Å². The van der Waals surface area contributed by atoms with E-state index in [9.17, 15) is 13.2 Å². The number of aryl methyl sites for hydroxylation is 3. The molecule has 8 heteroatoms. The molecule has 4 aromatic carbocycles. The molecule has 0 aliphatic carbocycles. The van der Waals surface area contributed by atoms with Crippen molar-refractivity contribution in [3.8, 4) is 5.75 Å². The van der Waals surface area contributed by atoms with Gasteiger partial charge in [-0.25, -0.2) is 13.8 Å². The molecule has 7 nitrogen and oxygen atoms in total. The zero-order chi connectivity index (χ0) is 27.8. The molecule has 0 aliphatic heterocycles. The smallest absolute Gasteiger partial charge is 0.264 e. The van der Waals surface area contributed by atoms with Crippen molar-refractivity contribution in [1.82, 2.24) is 5.43 Å². The summed E-state index contributed by atoms with van der Waals surface area (Å²) in [6.07, 6.45) is 1.49. The van der Waals surface area contributed by atoms with Crippen LogP contribution in [0.1, 0.15) is 27.8 Å². The Labute approximate surface area is 229 Å². The van der Waals surface area contributed by atoms with Gasteiger partial charge >= 0.3 is 0 Å². The average Bonchev–Trinajstić information content (AvgIpc) is 2.93. The summed E-state index contributed by atoms with van der Waals surface area (Å²) < 4.78 is 33.9. The zero-order valence-corrected chi connectivity index (χ0v) is 23.0. The summed E-state index contributed by atoms with van der Waals surface area (Å²) in [7, 11) is -3.99. The number of rotatable bonds is 10. The Balaban J connectivity index is 1.41. The third-order valence-corrected chi connectivity index (χ3v) is 7.82. The molecule has 1 amide bonds. The Bertz CT molecular complexity index is 1550. The Morgan fingerprint density at radius 1 is 0.872 bits per heavy atom. The standard InChI is InChI=1S/C31H31N3O4S/c1-23-9-12-27(13-10-23)22-38-28-16-14-26(15-17-28)20-32-33-31(35)21-34(30-18-11-24(2)19-25(30)3)39(36,37)29-7-5-4-6-8-29/h4-20H,21-22H2,1-3H3,(H,33,35). The molecule has 39 heavy (non-hydrogen) atoms. The van der Waals surface area contributed by atoms with Crippen LogP contribution in [0.2, 0.25) is 0 Å². The molecule has 4 aromatic rings. The summed E-state index contributed by atoms with van der Waals surface area (Å²) >= 11 is 0. The predicted octanol–water partition coefficient (Wildman–Crippen LogP) is 5.54. The number of anilines is 1. The molecule has 0 radical (unpaired) electrons. The minimum atomic E-state index is -3.99. The highest BCUT2D eigenvalue weighted by Crippen LogP contribution is 2.27. The Morgan fingerprint density at radius 3 is 2.21 bits per heavy atom. The molecule has 0 heterocycles. The molecular formula is C31H31N3O4S. The minimum Gasteiger partial charge on any atom is -0.489 e. The number of carbonyl (C=O) groups excluding carboxylic acids is 1. The van der Waals surface area contributed by atoms with Crippen molar-refractivity contribution in [2.24, 2.45) is 5.10 Å². The lowest BCUT2D eigenvalue weighted by atomic mass is 10.1. The van der Waals surface area contributed by atoms with Crippen LogP contribution >= 0.6 is 0 Å². The molecule has 0 saturated heterocycles. The van der Waals surface area contributed by atoms with Crippen molar-refractivity contribution in [2.45, 2.75) is 32.3 Å². The number of hydrogen-bond acceptors (Lipinski definition) is 5. The normalized spacial score (nSPS) is 11.4. The van der Waals surface area contributed by atoms with Crippen molar-refractivity contribution in [3.63, 3.8) is 0 Å². The molecule has 0 aliphatic rings. The molecule has 1 N–H and O–H groups in total. The number of hydrazone groups is 1. The summed E-state index contributed by atoms with van der Waals surface area (Å²) in [4.78, 5) is 12.9. The number of benzene rings is 4. The van der Waals surface area contributed by atoms with Gasteiger partial charge in [-0.05, 0) is 79.9 Å². The van der Waals surface area contributed by atoms with Crippen LogP contribution in [0.5, 0.6) is 5.75 Å². The Hall–Kier alpha value is -4.43. The lowest BCUT2D eigenvalue weighted by molar-refractivity contribution is -0.119. The van der Waals surface area contributed by atoms with Gasteiger partial charge in [0.1, 0.15) is 18.9 Å². The summed E-state index contributed by atoms with van der Waals surface area (Å²) in [5, 5.41) is 4.02. The minimum absolute atomic E-state index is 0.103. The predicted molar refractivity (Wildman–Crippen MR) is 155 cm³/mol. The van der Waals surface area contributed by atoms with Crippen LogP contribution in [0.3, 0.4) is 0 Å². The van der Waals surface area contributed by atoms with Gasteiger partial charge in [-0.2, -0.15) is 5.10 Å². The fourth-order valence-corrected chi connectivity index (χ4v) is 5.46. The van der Waals surface area contributed by atoms with Crippen LogP contribution in [-0.2, 0) is 21.4 Å². The van der Waals surface area contributed by atoms with Crippen LogP contribution in [0, 0.1) is 20.8 Å². The van der Waals surface area contributed by atoms with Gasteiger partial charge in [0, 0.05) is 0 Å². The van der Waals surface area contributed by atoms with E-state index < -0.39 is 22.5 Å².